The lowest BCUT2D eigenvalue weighted by atomic mass is 10.2. The van der Waals surface area contributed by atoms with Crippen molar-refractivity contribution in [3.05, 3.63) is 29.3 Å². The number of nitrogens with zero attached hydrogens (tertiary/aromatic N) is 4. The predicted molar refractivity (Wildman–Crippen MR) is 80.8 cm³/mol. The topological polar surface area (TPSA) is 72.7 Å². The Morgan fingerprint density at radius 1 is 1.43 bits per heavy atom. The van der Waals surface area contributed by atoms with E-state index in [2.05, 4.69) is 27.7 Å². The normalized spacial score (nSPS) is 12.1. The number of carbonyl (C=O) groups excluding carboxylic acids is 1. The lowest BCUT2D eigenvalue weighted by molar-refractivity contribution is -0.122. The Kier molecular flexibility index (Phi) is 5.27. The number of hydrogen-bond donors (Lipinski definition) is 1. The maximum absolute atomic E-state index is 11.8. The highest BCUT2D eigenvalue weighted by atomic mass is 35.5. The zero-order chi connectivity index (χ0) is 15.2. The molecule has 0 aliphatic carbocycles. The molecule has 2 aromatic rings. The minimum absolute atomic E-state index is 0.0471. The highest BCUT2D eigenvalue weighted by Gasteiger charge is 2.12. The first-order chi connectivity index (χ1) is 10.1. The summed E-state index contributed by atoms with van der Waals surface area (Å²) in [4.78, 5) is 13.1. The van der Waals surface area contributed by atoms with Gasteiger partial charge in [0.2, 0.25) is 11.7 Å². The van der Waals surface area contributed by atoms with Crippen LogP contribution in [-0.2, 0) is 11.3 Å². The third-order valence-electron chi connectivity index (χ3n) is 2.98. The van der Waals surface area contributed by atoms with Gasteiger partial charge in [0, 0.05) is 11.6 Å². The Morgan fingerprint density at radius 3 is 2.90 bits per heavy atom. The van der Waals surface area contributed by atoms with E-state index in [9.17, 15) is 4.79 Å². The first-order valence-corrected chi connectivity index (χ1v) is 7.30. The third-order valence-corrected chi connectivity index (χ3v) is 3.31. The molecule has 6 nitrogen and oxygen atoms in total. The van der Waals surface area contributed by atoms with Gasteiger partial charge in [-0.3, -0.25) is 4.79 Å². The molecular formula is C14H18ClN5O. The lowest BCUT2D eigenvalue weighted by Gasteiger charge is -2.11. The molecule has 2 rings (SSSR count). The fourth-order valence-corrected chi connectivity index (χ4v) is 2.23. The van der Waals surface area contributed by atoms with Crippen LogP contribution in [0.25, 0.3) is 11.4 Å². The Balaban J connectivity index is 2.01. The predicted octanol–water partition coefficient (Wildman–Crippen LogP) is 2.30. The molecule has 1 amide bonds. The summed E-state index contributed by atoms with van der Waals surface area (Å²) in [6, 6.07) is 7.40. The molecule has 21 heavy (non-hydrogen) atoms. The van der Waals surface area contributed by atoms with Crippen LogP contribution in [0.3, 0.4) is 0 Å². The molecule has 0 saturated carbocycles. The molecule has 1 aromatic heterocycles. The summed E-state index contributed by atoms with van der Waals surface area (Å²) >= 11 is 6.08. The number of rotatable bonds is 6. The molecule has 0 aliphatic rings. The van der Waals surface area contributed by atoms with E-state index in [1.54, 1.807) is 6.07 Å². The van der Waals surface area contributed by atoms with Gasteiger partial charge in [0.15, 0.2) is 0 Å². The summed E-state index contributed by atoms with van der Waals surface area (Å²) in [5.74, 6) is 0.286. The van der Waals surface area contributed by atoms with Gasteiger partial charge in [-0.1, -0.05) is 37.1 Å². The van der Waals surface area contributed by atoms with Crippen LogP contribution in [0.5, 0.6) is 0 Å². The van der Waals surface area contributed by atoms with Gasteiger partial charge in [0.05, 0.1) is 5.02 Å². The van der Waals surface area contributed by atoms with Crippen molar-refractivity contribution in [3.63, 3.8) is 0 Å². The molecule has 7 heteroatoms. The summed E-state index contributed by atoms with van der Waals surface area (Å²) in [6.45, 7) is 4.11. The number of hydrogen-bond acceptors (Lipinski definition) is 4. The van der Waals surface area contributed by atoms with Crippen molar-refractivity contribution >= 4 is 17.5 Å². The van der Waals surface area contributed by atoms with Crippen molar-refractivity contribution in [3.8, 4) is 11.4 Å². The van der Waals surface area contributed by atoms with Crippen molar-refractivity contribution in [2.24, 2.45) is 0 Å². The van der Waals surface area contributed by atoms with E-state index in [4.69, 9.17) is 11.6 Å². The van der Waals surface area contributed by atoms with Gasteiger partial charge in [0.1, 0.15) is 6.54 Å². The number of amides is 1. The average Bonchev–Trinajstić information content (AvgIpc) is 2.87. The summed E-state index contributed by atoms with van der Waals surface area (Å²) in [5, 5.41) is 15.4. The molecule has 1 heterocycles. The standard InChI is InChI=1S/C14H18ClN5O/c1-3-6-10(2)16-13(21)9-20-18-14(17-19-20)11-7-4-5-8-12(11)15/h4-5,7-8,10H,3,6,9H2,1-2H3,(H,16,21)/t10-/m0/s1. The van der Waals surface area contributed by atoms with Crippen LogP contribution in [0, 0.1) is 0 Å². The zero-order valence-electron chi connectivity index (χ0n) is 12.1. The van der Waals surface area contributed by atoms with Gasteiger partial charge >= 0.3 is 0 Å². The summed E-state index contributed by atoms with van der Waals surface area (Å²) < 4.78 is 0. The van der Waals surface area contributed by atoms with Gasteiger partial charge in [-0.2, -0.15) is 4.80 Å². The van der Waals surface area contributed by atoms with Gasteiger partial charge in [-0.25, -0.2) is 0 Å². The maximum Gasteiger partial charge on any atom is 0.243 e. The van der Waals surface area contributed by atoms with Crippen molar-refractivity contribution in [1.29, 1.82) is 0 Å². The SMILES string of the molecule is CCC[C@H](C)NC(=O)Cn1nnc(-c2ccccc2Cl)n1. The molecule has 0 unspecified atom stereocenters. The molecule has 112 valence electrons. The van der Waals surface area contributed by atoms with Gasteiger partial charge in [-0.15, -0.1) is 10.2 Å². The lowest BCUT2D eigenvalue weighted by Crippen LogP contribution is -2.35. The zero-order valence-corrected chi connectivity index (χ0v) is 12.8. The minimum atomic E-state index is -0.126. The van der Waals surface area contributed by atoms with E-state index in [1.807, 2.05) is 25.1 Å². The van der Waals surface area contributed by atoms with Crippen LogP contribution in [-0.4, -0.2) is 32.2 Å². The molecular weight excluding hydrogens is 290 g/mol. The van der Waals surface area contributed by atoms with Crippen LogP contribution in [0.4, 0.5) is 0 Å². The molecule has 0 spiro atoms. The Bertz CT molecular complexity index is 613. The highest BCUT2D eigenvalue weighted by Crippen LogP contribution is 2.23. The molecule has 1 N–H and O–H groups in total. The van der Waals surface area contributed by atoms with Crippen LogP contribution < -0.4 is 5.32 Å². The van der Waals surface area contributed by atoms with Crippen LogP contribution in [0.1, 0.15) is 26.7 Å². The smallest absolute Gasteiger partial charge is 0.243 e. The summed E-state index contributed by atoms with van der Waals surface area (Å²) in [6.07, 6.45) is 1.97. The van der Waals surface area contributed by atoms with Gasteiger partial charge < -0.3 is 5.32 Å². The minimum Gasteiger partial charge on any atom is -0.352 e. The second-order valence-electron chi connectivity index (χ2n) is 4.88. The van der Waals surface area contributed by atoms with E-state index < -0.39 is 0 Å². The average molecular weight is 308 g/mol. The van der Waals surface area contributed by atoms with Crippen LogP contribution in [0.2, 0.25) is 5.02 Å². The summed E-state index contributed by atoms with van der Waals surface area (Å²) in [7, 11) is 0. The molecule has 0 radical (unpaired) electrons. The molecule has 0 bridgehead atoms. The van der Waals surface area contributed by atoms with E-state index in [0.29, 0.717) is 16.4 Å². The van der Waals surface area contributed by atoms with E-state index in [0.717, 1.165) is 12.8 Å². The number of tetrazole rings is 1. The molecule has 0 aliphatic heterocycles. The third kappa shape index (κ3) is 4.26. The maximum atomic E-state index is 11.8. The number of halogens is 1. The number of carbonyl (C=O) groups is 1. The van der Waals surface area contributed by atoms with Crippen LogP contribution >= 0.6 is 11.6 Å². The number of nitrogens with one attached hydrogen (secondary N) is 1. The first kappa shape index (κ1) is 15.4. The van der Waals surface area contributed by atoms with E-state index in [1.165, 1.54) is 4.80 Å². The van der Waals surface area contributed by atoms with Crippen molar-refractivity contribution in [2.45, 2.75) is 39.3 Å². The first-order valence-electron chi connectivity index (χ1n) is 6.92. The Morgan fingerprint density at radius 2 is 2.19 bits per heavy atom. The Hall–Kier alpha value is -1.95. The number of benzene rings is 1. The van der Waals surface area contributed by atoms with Crippen molar-refractivity contribution < 1.29 is 4.79 Å². The molecule has 0 fully saturated rings. The highest BCUT2D eigenvalue weighted by molar-refractivity contribution is 6.33. The van der Waals surface area contributed by atoms with Gasteiger partial charge in [-0.05, 0) is 30.7 Å². The number of aromatic nitrogens is 4. The molecule has 1 aromatic carbocycles. The molecule has 0 saturated heterocycles. The quantitative estimate of drug-likeness (QED) is 0.888. The van der Waals surface area contributed by atoms with Crippen LogP contribution in [0.15, 0.2) is 24.3 Å². The van der Waals surface area contributed by atoms with E-state index >= 15 is 0 Å². The van der Waals surface area contributed by atoms with Crippen molar-refractivity contribution in [1.82, 2.24) is 25.5 Å². The molecule has 1 atom stereocenters. The fourth-order valence-electron chi connectivity index (χ4n) is 2.01. The Labute approximate surface area is 128 Å². The summed E-state index contributed by atoms with van der Waals surface area (Å²) in [5.41, 5.74) is 0.699. The second-order valence-corrected chi connectivity index (χ2v) is 5.29. The fraction of sp³-hybridized carbons (Fsp3) is 0.429. The van der Waals surface area contributed by atoms with Gasteiger partial charge in [0.25, 0.3) is 0 Å². The van der Waals surface area contributed by atoms with Crippen molar-refractivity contribution in [2.75, 3.05) is 0 Å². The largest absolute Gasteiger partial charge is 0.352 e. The van der Waals surface area contributed by atoms with E-state index in [-0.39, 0.29) is 18.5 Å². The second kappa shape index (κ2) is 7.17. The monoisotopic (exact) mass is 307 g/mol.